The van der Waals surface area contributed by atoms with Crippen molar-refractivity contribution >= 4 is 17.4 Å². The van der Waals surface area contributed by atoms with Crippen LogP contribution >= 0.6 is 11.8 Å². The maximum absolute atomic E-state index is 10.7. The summed E-state index contributed by atoms with van der Waals surface area (Å²) in [6.45, 7) is 0. The molecule has 1 aromatic heterocycles. The van der Waals surface area contributed by atoms with Crippen LogP contribution in [0.1, 0.15) is 5.89 Å². The molecule has 1 heterocycles. The van der Waals surface area contributed by atoms with Gasteiger partial charge in [0, 0.05) is 22.6 Å². The molecule has 3 aromatic rings. The van der Waals surface area contributed by atoms with Gasteiger partial charge in [0.15, 0.2) is 0 Å². The van der Waals surface area contributed by atoms with Gasteiger partial charge in [0.25, 0.3) is 5.69 Å². The lowest BCUT2D eigenvalue weighted by Gasteiger charge is -2.02. The first kappa shape index (κ1) is 16.0. The number of nitro groups is 1. The fraction of sp³-hybridized carbons (Fsp3) is 0.125. The SMILES string of the molecule is COc1cccc(SCc2nnc(-c3ccc([N+](=O)[O-])cc3)o2)c1. The Hall–Kier alpha value is -2.87. The summed E-state index contributed by atoms with van der Waals surface area (Å²) in [6, 6.07) is 13.7. The van der Waals surface area contributed by atoms with E-state index in [0.29, 0.717) is 23.1 Å². The largest absolute Gasteiger partial charge is 0.497 e. The Kier molecular flexibility index (Phi) is 4.76. The van der Waals surface area contributed by atoms with Crippen molar-refractivity contribution in [1.29, 1.82) is 0 Å². The van der Waals surface area contributed by atoms with Crippen molar-refractivity contribution in [3.8, 4) is 17.2 Å². The Morgan fingerprint density at radius 1 is 1.21 bits per heavy atom. The Labute approximate surface area is 141 Å². The minimum Gasteiger partial charge on any atom is -0.497 e. The molecule has 0 atom stereocenters. The van der Waals surface area contributed by atoms with Crippen molar-refractivity contribution in [2.75, 3.05) is 7.11 Å². The number of thioether (sulfide) groups is 1. The van der Waals surface area contributed by atoms with E-state index in [4.69, 9.17) is 9.15 Å². The molecule has 0 aliphatic carbocycles. The van der Waals surface area contributed by atoms with E-state index in [1.807, 2.05) is 24.3 Å². The molecular weight excluding hydrogens is 330 g/mol. The van der Waals surface area contributed by atoms with Gasteiger partial charge in [0.1, 0.15) is 5.75 Å². The molecule has 0 aliphatic rings. The average molecular weight is 343 g/mol. The molecule has 0 aliphatic heterocycles. The summed E-state index contributed by atoms with van der Waals surface area (Å²) in [7, 11) is 1.62. The van der Waals surface area contributed by atoms with E-state index < -0.39 is 4.92 Å². The Morgan fingerprint density at radius 2 is 2.00 bits per heavy atom. The smallest absolute Gasteiger partial charge is 0.269 e. The molecule has 0 amide bonds. The molecule has 7 nitrogen and oxygen atoms in total. The van der Waals surface area contributed by atoms with E-state index in [9.17, 15) is 10.1 Å². The summed E-state index contributed by atoms with van der Waals surface area (Å²) in [5.74, 6) is 2.13. The normalized spacial score (nSPS) is 10.5. The molecule has 0 bridgehead atoms. The third kappa shape index (κ3) is 3.72. The average Bonchev–Trinajstić information content (AvgIpc) is 3.09. The van der Waals surface area contributed by atoms with Crippen molar-refractivity contribution < 1.29 is 14.1 Å². The molecule has 8 heteroatoms. The molecule has 0 radical (unpaired) electrons. The molecule has 0 saturated heterocycles. The van der Waals surface area contributed by atoms with Gasteiger partial charge in [-0.25, -0.2) is 0 Å². The first-order chi connectivity index (χ1) is 11.7. The highest BCUT2D eigenvalue weighted by atomic mass is 32.2. The lowest BCUT2D eigenvalue weighted by atomic mass is 10.2. The van der Waals surface area contributed by atoms with E-state index in [2.05, 4.69) is 10.2 Å². The number of methoxy groups -OCH3 is 1. The van der Waals surface area contributed by atoms with Crippen LogP contribution in [0.25, 0.3) is 11.5 Å². The summed E-state index contributed by atoms with van der Waals surface area (Å²) in [6.07, 6.45) is 0. The summed E-state index contributed by atoms with van der Waals surface area (Å²) >= 11 is 1.55. The lowest BCUT2D eigenvalue weighted by Crippen LogP contribution is -1.87. The van der Waals surface area contributed by atoms with E-state index in [1.165, 1.54) is 12.1 Å². The standard InChI is InChI=1S/C16H13N3O4S/c1-22-13-3-2-4-14(9-13)24-10-15-17-18-16(23-15)11-5-7-12(8-6-11)19(20)21/h2-9H,10H2,1H3. The van der Waals surface area contributed by atoms with E-state index >= 15 is 0 Å². The summed E-state index contributed by atoms with van der Waals surface area (Å²) in [5, 5.41) is 18.6. The molecule has 0 spiro atoms. The molecule has 24 heavy (non-hydrogen) atoms. The van der Waals surface area contributed by atoms with Crippen LogP contribution in [0.3, 0.4) is 0 Å². The van der Waals surface area contributed by atoms with Gasteiger partial charge >= 0.3 is 0 Å². The Morgan fingerprint density at radius 3 is 2.71 bits per heavy atom. The van der Waals surface area contributed by atoms with Crippen LogP contribution in [0.5, 0.6) is 5.75 Å². The number of nitrogens with zero attached hydrogens (tertiary/aromatic N) is 3. The predicted octanol–water partition coefficient (Wildman–Crippen LogP) is 3.95. The highest BCUT2D eigenvalue weighted by molar-refractivity contribution is 7.98. The van der Waals surface area contributed by atoms with Crippen LogP contribution in [0.4, 0.5) is 5.69 Å². The van der Waals surface area contributed by atoms with Crippen LogP contribution in [-0.4, -0.2) is 22.2 Å². The predicted molar refractivity (Wildman–Crippen MR) is 88.9 cm³/mol. The molecule has 0 fully saturated rings. The van der Waals surface area contributed by atoms with Crippen molar-refractivity contribution in [3.63, 3.8) is 0 Å². The third-order valence-corrected chi connectivity index (χ3v) is 4.17. The minimum absolute atomic E-state index is 0.0204. The van der Waals surface area contributed by atoms with Gasteiger partial charge in [0.05, 0.1) is 17.8 Å². The van der Waals surface area contributed by atoms with Gasteiger partial charge < -0.3 is 9.15 Å². The topological polar surface area (TPSA) is 91.3 Å². The van der Waals surface area contributed by atoms with Crippen LogP contribution in [0.15, 0.2) is 57.8 Å². The molecule has 0 N–H and O–H groups in total. The second kappa shape index (κ2) is 7.14. The molecule has 0 unspecified atom stereocenters. The second-order valence-corrected chi connectivity index (χ2v) is 5.82. The Bertz CT molecular complexity index is 849. The van der Waals surface area contributed by atoms with Crippen LogP contribution in [0.2, 0.25) is 0 Å². The van der Waals surface area contributed by atoms with E-state index in [-0.39, 0.29) is 5.69 Å². The number of non-ortho nitro benzene ring substituents is 1. The first-order valence-electron chi connectivity index (χ1n) is 7.00. The summed E-state index contributed by atoms with van der Waals surface area (Å²) < 4.78 is 10.8. The summed E-state index contributed by atoms with van der Waals surface area (Å²) in [4.78, 5) is 11.2. The van der Waals surface area contributed by atoms with Crippen molar-refractivity contribution in [3.05, 3.63) is 64.5 Å². The molecule has 3 rings (SSSR count). The molecule has 2 aromatic carbocycles. The zero-order valence-corrected chi connectivity index (χ0v) is 13.5. The Balaban J connectivity index is 1.67. The van der Waals surface area contributed by atoms with Gasteiger partial charge in [-0.1, -0.05) is 6.07 Å². The highest BCUT2D eigenvalue weighted by Gasteiger charge is 2.11. The fourth-order valence-corrected chi connectivity index (χ4v) is 2.77. The van der Waals surface area contributed by atoms with Crippen molar-refractivity contribution in [1.82, 2.24) is 10.2 Å². The lowest BCUT2D eigenvalue weighted by molar-refractivity contribution is -0.384. The number of hydrogen-bond acceptors (Lipinski definition) is 7. The van der Waals surface area contributed by atoms with Gasteiger partial charge in [-0.3, -0.25) is 10.1 Å². The third-order valence-electron chi connectivity index (χ3n) is 3.20. The van der Waals surface area contributed by atoms with Crippen molar-refractivity contribution in [2.45, 2.75) is 10.6 Å². The molecular formula is C16H13N3O4S. The molecule has 122 valence electrons. The number of benzene rings is 2. The molecule has 0 saturated carbocycles. The zero-order valence-electron chi connectivity index (χ0n) is 12.7. The van der Waals surface area contributed by atoms with Gasteiger partial charge in [-0.05, 0) is 30.3 Å². The monoisotopic (exact) mass is 343 g/mol. The van der Waals surface area contributed by atoms with E-state index in [1.54, 1.807) is 31.0 Å². The van der Waals surface area contributed by atoms with E-state index in [0.717, 1.165) is 10.6 Å². The number of nitro benzene ring substituents is 1. The van der Waals surface area contributed by atoms with Crippen LogP contribution in [-0.2, 0) is 5.75 Å². The number of ether oxygens (including phenoxy) is 1. The quantitative estimate of drug-likeness (QED) is 0.380. The first-order valence-corrected chi connectivity index (χ1v) is 7.98. The summed E-state index contributed by atoms with van der Waals surface area (Å²) in [5.41, 5.74) is 0.665. The fourth-order valence-electron chi connectivity index (χ4n) is 1.99. The minimum atomic E-state index is -0.451. The number of aromatic nitrogens is 2. The van der Waals surface area contributed by atoms with Gasteiger partial charge in [0.2, 0.25) is 11.8 Å². The zero-order chi connectivity index (χ0) is 16.9. The second-order valence-electron chi connectivity index (χ2n) is 4.77. The van der Waals surface area contributed by atoms with Crippen LogP contribution < -0.4 is 4.74 Å². The van der Waals surface area contributed by atoms with Crippen LogP contribution in [0, 0.1) is 10.1 Å². The number of hydrogen-bond donors (Lipinski definition) is 0. The van der Waals surface area contributed by atoms with Crippen molar-refractivity contribution in [2.24, 2.45) is 0 Å². The highest BCUT2D eigenvalue weighted by Crippen LogP contribution is 2.27. The maximum atomic E-state index is 10.7. The van der Waals surface area contributed by atoms with Gasteiger partial charge in [-0.15, -0.1) is 22.0 Å². The number of rotatable bonds is 6. The van der Waals surface area contributed by atoms with Gasteiger partial charge in [-0.2, -0.15) is 0 Å². The maximum Gasteiger partial charge on any atom is 0.269 e.